The van der Waals surface area contributed by atoms with Crippen molar-refractivity contribution in [3.05, 3.63) is 48.0 Å². The monoisotopic (exact) mass is 471 g/mol. The van der Waals surface area contributed by atoms with Crippen molar-refractivity contribution in [2.45, 2.75) is 30.8 Å². The van der Waals surface area contributed by atoms with Gasteiger partial charge in [0.1, 0.15) is 10.6 Å². The second kappa shape index (κ2) is 9.78. The number of hydrogen-bond acceptors (Lipinski definition) is 5. The van der Waals surface area contributed by atoms with E-state index in [0.29, 0.717) is 13.1 Å². The molecule has 0 unspecified atom stereocenters. The van der Waals surface area contributed by atoms with E-state index in [9.17, 15) is 26.4 Å². The van der Waals surface area contributed by atoms with Crippen molar-refractivity contribution in [2.75, 3.05) is 36.9 Å². The Hall–Kier alpha value is -2.79. The summed E-state index contributed by atoms with van der Waals surface area (Å²) in [6.07, 6.45) is -2.93. The average molecular weight is 472 g/mol. The molecule has 2 aromatic carbocycles. The Morgan fingerprint density at radius 2 is 1.81 bits per heavy atom. The van der Waals surface area contributed by atoms with Crippen LogP contribution >= 0.6 is 0 Å². The fraction of sp³-hybridized carbons (Fsp3) is 0.381. The smallest absolute Gasteiger partial charge is 0.416 e. The quantitative estimate of drug-likeness (QED) is 0.609. The largest absolute Gasteiger partial charge is 0.492 e. The minimum Gasteiger partial charge on any atom is -0.492 e. The number of carbonyl (C=O) groups is 1. The van der Waals surface area contributed by atoms with Crippen LogP contribution in [0.5, 0.6) is 5.75 Å². The van der Waals surface area contributed by atoms with E-state index >= 15 is 0 Å². The summed E-state index contributed by atoms with van der Waals surface area (Å²) >= 11 is 0. The summed E-state index contributed by atoms with van der Waals surface area (Å²) in [4.78, 5) is 12.3. The number of nitrogens with zero attached hydrogens (tertiary/aromatic N) is 1. The molecule has 0 saturated carbocycles. The number of anilines is 2. The molecule has 0 aromatic heterocycles. The van der Waals surface area contributed by atoms with Crippen LogP contribution in [-0.2, 0) is 21.0 Å². The van der Waals surface area contributed by atoms with Gasteiger partial charge < -0.3 is 15.4 Å². The standard InChI is InChI=1S/C21H24F3N3O4S/c1-2-31-18-9-8-17(13-19(18)32(29,30)27-10-3-4-11-27)26-20(28)14-25-16-7-5-6-15(12-16)21(22,23)24/h5-9,12-13,25H,2-4,10-11,14H2,1H3,(H,26,28). The van der Waals surface area contributed by atoms with Crippen LogP contribution < -0.4 is 15.4 Å². The zero-order chi connectivity index (χ0) is 23.4. The number of nitrogens with one attached hydrogen (secondary N) is 2. The van der Waals surface area contributed by atoms with Gasteiger partial charge in [-0.15, -0.1) is 0 Å². The second-order valence-electron chi connectivity index (χ2n) is 7.19. The van der Waals surface area contributed by atoms with Crippen molar-refractivity contribution in [3.8, 4) is 5.75 Å². The molecule has 0 bridgehead atoms. The van der Waals surface area contributed by atoms with Gasteiger partial charge in [-0.2, -0.15) is 17.5 Å². The molecule has 3 rings (SSSR count). The first-order valence-electron chi connectivity index (χ1n) is 10.1. The van der Waals surface area contributed by atoms with Gasteiger partial charge in [-0.1, -0.05) is 6.07 Å². The number of sulfonamides is 1. The maximum atomic E-state index is 13.0. The number of benzene rings is 2. The lowest BCUT2D eigenvalue weighted by molar-refractivity contribution is -0.137. The highest BCUT2D eigenvalue weighted by atomic mass is 32.2. The predicted molar refractivity (Wildman–Crippen MR) is 114 cm³/mol. The van der Waals surface area contributed by atoms with Crippen molar-refractivity contribution in [1.82, 2.24) is 4.31 Å². The fourth-order valence-electron chi connectivity index (χ4n) is 3.32. The molecule has 0 atom stereocenters. The van der Waals surface area contributed by atoms with Gasteiger partial charge in [0.25, 0.3) is 0 Å². The Balaban J connectivity index is 1.72. The molecule has 1 fully saturated rings. The Morgan fingerprint density at radius 1 is 1.09 bits per heavy atom. The van der Waals surface area contributed by atoms with Crippen molar-refractivity contribution in [3.63, 3.8) is 0 Å². The molecule has 1 aliphatic rings. The Morgan fingerprint density at radius 3 is 2.47 bits per heavy atom. The molecular formula is C21H24F3N3O4S. The Bertz CT molecular complexity index is 1070. The third kappa shape index (κ3) is 5.71. The van der Waals surface area contributed by atoms with Crippen LogP contribution in [0, 0.1) is 0 Å². The van der Waals surface area contributed by atoms with E-state index in [1.807, 2.05) is 0 Å². The normalized spacial score (nSPS) is 14.9. The van der Waals surface area contributed by atoms with Crippen LogP contribution in [0.1, 0.15) is 25.3 Å². The van der Waals surface area contributed by atoms with Gasteiger partial charge in [0, 0.05) is 24.5 Å². The molecule has 174 valence electrons. The number of amides is 1. The van der Waals surface area contributed by atoms with Crippen molar-refractivity contribution in [2.24, 2.45) is 0 Å². The Labute approximate surface area is 184 Å². The van der Waals surface area contributed by atoms with E-state index < -0.39 is 27.7 Å². The first-order valence-corrected chi connectivity index (χ1v) is 11.5. The number of rotatable bonds is 8. The zero-order valence-electron chi connectivity index (χ0n) is 17.4. The Kier molecular flexibility index (Phi) is 7.29. The maximum absolute atomic E-state index is 13.0. The van der Waals surface area contributed by atoms with Crippen molar-refractivity contribution < 1.29 is 31.1 Å². The fourth-order valence-corrected chi connectivity index (χ4v) is 5.00. The number of alkyl halides is 3. The highest BCUT2D eigenvalue weighted by molar-refractivity contribution is 7.89. The predicted octanol–water partition coefficient (Wildman–Crippen LogP) is 3.94. The number of halogens is 3. The summed E-state index contributed by atoms with van der Waals surface area (Å²) in [6.45, 7) is 2.55. The van der Waals surface area contributed by atoms with E-state index in [-0.39, 0.29) is 35.2 Å². The third-order valence-electron chi connectivity index (χ3n) is 4.85. The van der Waals surface area contributed by atoms with Crippen molar-refractivity contribution in [1.29, 1.82) is 0 Å². The number of ether oxygens (including phenoxy) is 1. The van der Waals surface area contributed by atoms with Gasteiger partial charge in [-0.3, -0.25) is 4.79 Å². The molecule has 0 spiro atoms. The first-order chi connectivity index (χ1) is 15.1. The molecule has 0 aliphatic carbocycles. The van der Waals surface area contributed by atoms with Gasteiger partial charge in [0.2, 0.25) is 15.9 Å². The highest BCUT2D eigenvalue weighted by Crippen LogP contribution is 2.32. The molecule has 2 aromatic rings. The minimum atomic E-state index is -4.49. The summed E-state index contributed by atoms with van der Waals surface area (Å²) in [6, 6.07) is 8.82. The molecule has 1 aliphatic heterocycles. The molecule has 11 heteroatoms. The van der Waals surface area contributed by atoms with E-state index in [1.54, 1.807) is 6.92 Å². The SMILES string of the molecule is CCOc1ccc(NC(=O)CNc2cccc(C(F)(F)F)c2)cc1S(=O)(=O)N1CCCC1. The molecule has 32 heavy (non-hydrogen) atoms. The van der Waals surface area contributed by atoms with E-state index in [1.165, 1.54) is 34.6 Å². The molecule has 7 nitrogen and oxygen atoms in total. The van der Waals surface area contributed by atoms with Crippen LogP contribution in [0.25, 0.3) is 0 Å². The van der Waals surface area contributed by atoms with E-state index in [4.69, 9.17) is 4.74 Å². The van der Waals surface area contributed by atoms with Crippen LogP contribution in [0.4, 0.5) is 24.5 Å². The van der Waals surface area contributed by atoms with Gasteiger partial charge in [0.05, 0.1) is 18.7 Å². The summed E-state index contributed by atoms with van der Waals surface area (Å²) in [5, 5.41) is 5.20. The summed E-state index contributed by atoms with van der Waals surface area (Å²) in [7, 11) is -3.79. The first kappa shape index (κ1) is 23.9. The average Bonchev–Trinajstić information content (AvgIpc) is 3.29. The van der Waals surface area contributed by atoms with E-state index in [0.717, 1.165) is 25.0 Å². The molecular weight excluding hydrogens is 447 g/mol. The zero-order valence-corrected chi connectivity index (χ0v) is 18.2. The topological polar surface area (TPSA) is 87.7 Å². The lowest BCUT2D eigenvalue weighted by Crippen LogP contribution is -2.28. The van der Waals surface area contributed by atoms with Crippen LogP contribution in [0.3, 0.4) is 0 Å². The van der Waals surface area contributed by atoms with Gasteiger partial charge in [0.15, 0.2) is 0 Å². The summed E-state index contributed by atoms with van der Waals surface area (Å²) in [5.74, 6) is -0.351. The highest BCUT2D eigenvalue weighted by Gasteiger charge is 2.31. The van der Waals surface area contributed by atoms with Gasteiger partial charge >= 0.3 is 6.18 Å². The number of hydrogen-bond donors (Lipinski definition) is 2. The van der Waals surface area contributed by atoms with E-state index in [2.05, 4.69) is 10.6 Å². The van der Waals surface area contributed by atoms with Crippen LogP contribution in [0.2, 0.25) is 0 Å². The van der Waals surface area contributed by atoms with Crippen LogP contribution in [0.15, 0.2) is 47.4 Å². The third-order valence-corrected chi connectivity index (χ3v) is 6.77. The molecule has 0 radical (unpaired) electrons. The van der Waals surface area contributed by atoms with Gasteiger partial charge in [-0.25, -0.2) is 8.42 Å². The maximum Gasteiger partial charge on any atom is 0.416 e. The van der Waals surface area contributed by atoms with Crippen molar-refractivity contribution >= 4 is 27.3 Å². The summed E-state index contributed by atoms with van der Waals surface area (Å²) in [5.41, 5.74) is -0.452. The molecule has 1 amide bonds. The lowest BCUT2D eigenvalue weighted by Gasteiger charge is -2.19. The molecule has 1 saturated heterocycles. The second-order valence-corrected chi connectivity index (χ2v) is 9.09. The summed E-state index contributed by atoms with van der Waals surface area (Å²) < 4.78 is 71.3. The molecule has 2 N–H and O–H groups in total. The molecule has 1 heterocycles. The number of carbonyl (C=O) groups excluding carboxylic acids is 1. The lowest BCUT2D eigenvalue weighted by atomic mass is 10.2. The van der Waals surface area contributed by atoms with Crippen LogP contribution in [-0.4, -0.2) is 44.9 Å². The van der Waals surface area contributed by atoms with Gasteiger partial charge in [-0.05, 0) is 56.2 Å². The minimum absolute atomic E-state index is 0.0371.